The molecule has 0 spiro atoms. The minimum atomic E-state index is 0.141. The molecular formula is C17H24N2O2. The molecule has 1 saturated carbocycles. The van der Waals surface area contributed by atoms with Crippen molar-refractivity contribution in [3.8, 4) is 5.75 Å². The molecule has 1 fully saturated rings. The second-order valence-corrected chi connectivity index (χ2v) is 6.00. The van der Waals surface area contributed by atoms with E-state index in [4.69, 9.17) is 4.74 Å². The SMILES string of the molecule is Cc1nc2c(OCC3CCCCC3)cccn2c1CCO. The zero-order valence-corrected chi connectivity index (χ0v) is 12.7. The number of aromatic nitrogens is 2. The van der Waals surface area contributed by atoms with Crippen molar-refractivity contribution < 1.29 is 9.84 Å². The highest BCUT2D eigenvalue weighted by Gasteiger charge is 2.16. The highest BCUT2D eigenvalue weighted by atomic mass is 16.5. The van der Waals surface area contributed by atoms with Gasteiger partial charge in [-0.25, -0.2) is 4.98 Å². The number of imidazole rings is 1. The van der Waals surface area contributed by atoms with E-state index in [1.807, 2.05) is 29.7 Å². The Morgan fingerprint density at radius 2 is 2.14 bits per heavy atom. The Balaban J connectivity index is 1.80. The fourth-order valence-electron chi connectivity index (χ4n) is 3.29. The monoisotopic (exact) mass is 288 g/mol. The highest BCUT2D eigenvalue weighted by Crippen LogP contribution is 2.27. The lowest BCUT2D eigenvalue weighted by Crippen LogP contribution is -2.15. The second kappa shape index (κ2) is 6.48. The largest absolute Gasteiger partial charge is 0.489 e. The van der Waals surface area contributed by atoms with Gasteiger partial charge >= 0.3 is 0 Å². The van der Waals surface area contributed by atoms with E-state index in [2.05, 4.69) is 4.98 Å². The summed E-state index contributed by atoms with van der Waals surface area (Å²) in [5.74, 6) is 1.54. The summed E-state index contributed by atoms with van der Waals surface area (Å²) in [6.45, 7) is 2.92. The highest BCUT2D eigenvalue weighted by molar-refractivity contribution is 5.56. The van der Waals surface area contributed by atoms with Crippen LogP contribution < -0.4 is 4.74 Å². The van der Waals surface area contributed by atoms with Gasteiger partial charge in [0.05, 0.1) is 12.3 Å². The van der Waals surface area contributed by atoms with Gasteiger partial charge in [-0.3, -0.25) is 0 Å². The summed E-state index contributed by atoms with van der Waals surface area (Å²) in [6, 6.07) is 3.98. The van der Waals surface area contributed by atoms with Crippen molar-refractivity contribution in [1.82, 2.24) is 9.38 Å². The van der Waals surface area contributed by atoms with Crippen molar-refractivity contribution in [2.24, 2.45) is 5.92 Å². The fraction of sp³-hybridized carbons (Fsp3) is 0.588. The molecule has 2 aromatic heterocycles. The van der Waals surface area contributed by atoms with Crippen molar-refractivity contribution >= 4 is 5.65 Å². The number of aliphatic hydroxyl groups is 1. The van der Waals surface area contributed by atoms with Gasteiger partial charge in [-0.15, -0.1) is 0 Å². The molecule has 2 heterocycles. The number of ether oxygens (including phenoxy) is 1. The Morgan fingerprint density at radius 3 is 2.90 bits per heavy atom. The number of pyridine rings is 1. The lowest BCUT2D eigenvalue weighted by molar-refractivity contribution is 0.210. The van der Waals surface area contributed by atoms with E-state index in [1.165, 1.54) is 32.1 Å². The zero-order chi connectivity index (χ0) is 14.7. The Hall–Kier alpha value is -1.55. The van der Waals surface area contributed by atoms with Crippen LogP contribution in [-0.2, 0) is 6.42 Å². The molecule has 3 rings (SSSR count). The average molecular weight is 288 g/mol. The third-order valence-electron chi connectivity index (χ3n) is 4.46. The third-order valence-corrected chi connectivity index (χ3v) is 4.46. The molecule has 2 aromatic rings. The number of aryl methyl sites for hydroxylation is 1. The van der Waals surface area contributed by atoms with E-state index < -0.39 is 0 Å². The van der Waals surface area contributed by atoms with Gasteiger partial charge in [-0.05, 0) is 37.8 Å². The first-order chi connectivity index (χ1) is 10.3. The number of fused-ring (bicyclic) bond motifs is 1. The number of rotatable bonds is 5. The van der Waals surface area contributed by atoms with E-state index in [9.17, 15) is 5.11 Å². The van der Waals surface area contributed by atoms with Gasteiger partial charge in [-0.2, -0.15) is 0 Å². The molecule has 1 aliphatic rings. The van der Waals surface area contributed by atoms with Gasteiger partial charge in [0.1, 0.15) is 0 Å². The molecule has 21 heavy (non-hydrogen) atoms. The standard InChI is InChI=1S/C17H24N2O2/c1-13-15(9-11-20)19-10-5-8-16(17(19)18-13)21-12-14-6-3-2-4-7-14/h5,8,10,14,20H,2-4,6-7,9,11-12H2,1H3. The molecule has 0 aromatic carbocycles. The van der Waals surface area contributed by atoms with E-state index in [0.717, 1.165) is 29.4 Å². The summed E-state index contributed by atoms with van der Waals surface area (Å²) in [7, 11) is 0. The second-order valence-electron chi connectivity index (χ2n) is 6.00. The summed E-state index contributed by atoms with van der Waals surface area (Å²) in [5.41, 5.74) is 2.91. The van der Waals surface area contributed by atoms with Crippen LogP contribution >= 0.6 is 0 Å². The molecule has 4 nitrogen and oxygen atoms in total. The van der Waals surface area contributed by atoms with E-state index >= 15 is 0 Å². The molecular weight excluding hydrogens is 264 g/mol. The molecule has 0 amide bonds. The van der Waals surface area contributed by atoms with Crippen LogP contribution in [-0.4, -0.2) is 27.7 Å². The van der Waals surface area contributed by atoms with Crippen molar-refractivity contribution in [1.29, 1.82) is 0 Å². The number of hydrogen-bond donors (Lipinski definition) is 1. The summed E-state index contributed by atoms with van der Waals surface area (Å²) < 4.78 is 8.10. The average Bonchev–Trinajstić information content (AvgIpc) is 2.83. The smallest absolute Gasteiger partial charge is 0.180 e. The maximum absolute atomic E-state index is 9.19. The topological polar surface area (TPSA) is 46.8 Å². The minimum absolute atomic E-state index is 0.141. The van der Waals surface area contributed by atoms with Crippen molar-refractivity contribution in [3.05, 3.63) is 29.7 Å². The van der Waals surface area contributed by atoms with Crippen molar-refractivity contribution in [2.75, 3.05) is 13.2 Å². The first-order valence-electron chi connectivity index (χ1n) is 8.00. The Kier molecular flexibility index (Phi) is 4.44. The molecule has 0 bridgehead atoms. The molecule has 1 aliphatic carbocycles. The summed E-state index contributed by atoms with van der Waals surface area (Å²) in [6.07, 6.45) is 9.23. The molecule has 4 heteroatoms. The fourth-order valence-corrected chi connectivity index (χ4v) is 3.29. The molecule has 0 aliphatic heterocycles. The third kappa shape index (κ3) is 3.05. The molecule has 0 saturated heterocycles. The molecule has 0 unspecified atom stereocenters. The van der Waals surface area contributed by atoms with Gasteiger partial charge in [0.25, 0.3) is 0 Å². The molecule has 114 valence electrons. The van der Waals surface area contributed by atoms with E-state index in [0.29, 0.717) is 12.3 Å². The Morgan fingerprint density at radius 1 is 1.33 bits per heavy atom. The van der Waals surface area contributed by atoms with Crippen LogP contribution in [0.1, 0.15) is 43.5 Å². The number of aliphatic hydroxyl groups excluding tert-OH is 1. The quantitative estimate of drug-likeness (QED) is 0.919. The van der Waals surface area contributed by atoms with Crippen molar-refractivity contribution in [3.63, 3.8) is 0 Å². The predicted molar refractivity (Wildman–Crippen MR) is 82.8 cm³/mol. The molecule has 0 radical (unpaired) electrons. The van der Waals surface area contributed by atoms with Crippen LogP contribution in [0.5, 0.6) is 5.75 Å². The summed E-state index contributed by atoms with van der Waals surface area (Å²) in [5, 5.41) is 9.19. The van der Waals surface area contributed by atoms with Crippen LogP contribution in [0.25, 0.3) is 5.65 Å². The number of hydrogen-bond acceptors (Lipinski definition) is 3. The van der Waals surface area contributed by atoms with E-state index in [-0.39, 0.29) is 6.61 Å². The van der Waals surface area contributed by atoms with E-state index in [1.54, 1.807) is 0 Å². The van der Waals surface area contributed by atoms with Crippen LogP contribution in [0.15, 0.2) is 18.3 Å². The predicted octanol–water partition coefficient (Wildman–Crippen LogP) is 3.14. The lowest BCUT2D eigenvalue weighted by Gasteiger charge is -2.21. The van der Waals surface area contributed by atoms with Crippen LogP contribution in [0.4, 0.5) is 0 Å². The summed E-state index contributed by atoms with van der Waals surface area (Å²) in [4.78, 5) is 4.62. The molecule has 1 N–H and O–H groups in total. The Bertz CT molecular complexity index is 600. The lowest BCUT2D eigenvalue weighted by atomic mass is 9.90. The first kappa shape index (κ1) is 14.4. The van der Waals surface area contributed by atoms with Crippen LogP contribution in [0, 0.1) is 12.8 Å². The minimum Gasteiger partial charge on any atom is -0.489 e. The van der Waals surface area contributed by atoms with Crippen molar-refractivity contribution in [2.45, 2.75) is 45.4 Å². The zero-order valence-electron chi connectivity index (χ0n) is 12.7. The van der Waals surface area contributed by atoms with Crippen LogP contribution in [0.2, 0.25) is 0 Å². The summed E-state index contributed by atoms with van der Waals surface area (Å²) >= 11 is 0. The van der Waals surface area contributed by atoms with Gasteiger partial charge < -0.3 is 14.2 Å². The maximum Gasteiger partial charge on any atom is 0.180 e. The van der Waals surface area contributed by atoms with Gasteiger partial charge in [0, 0.05) is 24.9 Å². The maximum atomic E-state index is 9.19. The Labute approximate surface area is 125 Å². The first-order valence-corrected chi connectivity index (χ1v) is 8.00. The van der Waals surface area contributed by atoms with Gasteiger partial charge in [0.15, 0.2) is 11.4 Å². The normalized spacial score (nSPS) is 16.5. The van der Waals surface area contributed by atoms with Crippen LogP contribution in [0.3, 0.4) is 0 Å². The van der Waals surface area contributed by atoms with Gasteiger partial charge in [0.2, 0.25) is 0 Å². The van der Waals surface area contributed by atoms with Gasteiger partial charge in [-0.1, -0.05) is 19.3 Å². The number of nitrogens with zero attached hydrogens (tertiary/aromatic N) is 2. The molecule has 0 atom stereocenters.